The first-order valence-electron chi connectivity index (χ1n) is 9.11. The first kappa shape index (κ1) is 17.9. The first-order valence-corrected chi connectivity index (χ1v) is 9.11. The fraction of sp³-hybridized carbons (Fsp3) is 0.450. The summed E-state index contributed by atoms with van der Waals surface area (Å²) in [6.45, 7) is 4.90. The number of fused-ring (bicyclic) bond motifs is 1. The molecule has 0 amide bonds. The van der Waals surface area contributed by atoms with Crippen molar-refractivity contribution in [3.63, 3.8) is 0 Å². The summed E-state index contributed by atoms with van der Waals surface area (Å²) >= 11 is 0. The van der Waals surface area contributed by atoms with Gasteiger partial charge in [-0.3, -0.25) is 4.99 Å². The van der Waals surface area contributed by atoms with Crippen LogP contribution in [-0.2, 0) is 16.0 Å². The van der Waals surface area contributed by atoms with Gasteiger partial charge in [0, 0.05) is 38.9 Å². The van der Waals surface area contributed by atoms with Crippen LogP contribution in [-0.4, -0.2) is 61.8 Å². The highest BCUT2D eigenvalue weighted by molar-refractivity contribution is 6.14. The predicted molar refractivity (Wildman–Crippen MR) is 103 cm³/mol. The van der Waals surface area contributed by atoms with Crippen LogP contribution in [0.4, 0.5) is 5.82 Å². The molecular weight excluding hydrogens is 344 g/mol. The van der Waals surface area contributed by atoms with E-state index in [9.17, 15) is 0 Å². The number of nitrogens with zero attached hydrogens (tertiary/aromatic N) is 4. The van der Waals surface area contributed by atoms with Gasteiger partial charge in [0.25, 0.3) is 0 Å². The van der Waals surface area contributed by atoms with Crippen molar-refractivity contribution in [1.29, 1.82) is 0 Å². The zero-order valence-corrected chi connectivity index (χ0v) is 15.9. The van der Waals surface area contributed by atoms with E-state index in [4.69, 9.17) is 19.2 Å². The summed E-state index contributed by atoms with van der Waals surface area (Å²) in [4.78, 5) is 15.8. The third-order valence-electron chi connectivity index (χ3n) is 4.88. The van der Waals surface area contributed by atoms with E-state index in [-0.39, 0.29) is 12.2 Å². The minimum atomic E-state index is -0.0133. The number of rotatable bonds is 7. The number of anilines is 1. The molecule has 1 fully saturated rings. The van der Waals surface area contributed by atoms with Gasteiger partial charge in [-0.1, -0.05) is 6.07 Å². The molecule has 1 aromatic carbocycles. The smallest absolute Gasteiger partial charge is 0.132 e. The Morgan fingerprint density at radius 3 is 2.81 bits per heavy atom. The normalized spacial score (nSPS) is 17.3. The molecule has 27 heavy (non-hydrogen) atoms. The lowest BCUT2D eigenvalue weighted by Gasteiger charge is -2.38. The molecule has 0 saturated carbocycles. The fourth-order valence-corrected chi connectivity index (χ4v) is 3.38. The summed E-state index contributed by atoms with van der Waals surface area (Å²) in [5, 5.41) is 0. The highest BCUT2D eigenvalue weighted by Gasteiger charge is 2.28. The van der Waals surface area contributed by atoms with Gasteiger partial charge in [0.1, 0.15) is 24.0 Å². The number of hydrogen-bond donors (Lipinski definition) is 0. The Morgan fingerprint density at radius 2 is 2.04 bits per heavy atom. The van der Waals surface area contributed by atoms with Gasteiger partial charge in [-0.05, 0) is 24.6 Å². The van der Waals surface area contributed by atoms with Crippen molar-refractivity contribution in [3.05, 3.63) is 47.4 Å². The summed E-state index contributed by atoms with van der Waals surface area (Å²) in [6.07, 6.45) is 1.87. The molecule has 3 heterocycles. The highest BCUT2D eigenvalue weighted by atomic mass is 16.5. The molecule has 1 saturated heterocycles. The number of methoxy groups -OCH3 is 2. The van der Waals surface area contributed by atoms with Crippen LogP contribution >= 0.6 is 0 Å². The molecule has 1 atom stereocenters. The molecule has 0 unspecified atom stereocenters. The van der Waals surface area contributed by atoms with E-state index >= 15 is 0 Å². The number of ether oxygens (including phenoxy) is 3. The summed E-state index contributed by atoms with van der Waals surface area (Å²) in [7, 11) is 3.41. The number of benzene rings is 1. The van der Waals surface area contributed by atoms with Crippen LogP contribution in [0.3, 0.4) is 0 Å². The second-order valence-corrected chi connectivity index (χ2v) is 6.89. The Labute approximate surface area is 159 Å². The maximum Gasteiger partial charge on any atom is 0.132 e. The third kappa shape index (κ3) is 3.65. The average Bonchev–Trinajstić information content (AvgIpc) is 3.04. The fourth-order valence-electron chi connectivity index (χ4n) is 3.38. The second kappa shape index (κ2) is 7.62. The first-order chi connectivity index (χ1) is 13.2. The maximum absolute atomic E-state index is 5.94. The van der Waals surface area contributed by atoms with Crippen LogP contribution in [0, 0.1) is 0 Å². The molecule has 1 aromatic heterocycles. The van der Waals surface area contributed by atoms with E-state index in [0.717, 1.165) is 41.6 Å². The lowest BCUT2D eigenvalue weighted by molar-refractivity contribution is 0.0783. The SMILES string of the molecule is COC[C@H](C)Oc1ccc2c(c1)C(c1cc(N3CC(OC)C3)ncn1)=NC2. The number of hydrogen-bond acceptors (Lipinski definition) is 7. The lowest BCUT2D eigenvalue weighted by atomic mass is 10.0. The molecule has 142 valence electrons. The molecule has 0 radical (unpaired) electrons. The Hall–Kier alpha value is -2.51. The summed E-state index contributed by atoms with van der Waals surface area (Å²) in [5.74, 6) is 1.72. The molecule has 2 aliphatic rings. The highest BCUT2D eigenvalue weighted by Crippen LogP contribution is 2.28. The zero-order chi connectivity index (χ0) is 18.8. The van der Waals surface area contributed by atoms with E-state index in [1.807, 2.05) is 25.1 Å². The van der Waals surface area contributed by atoms with E-state index in [2.05, 4.69) is 20.9 Å². The standard InChI is InChI=1S/C20H24N4O3/c1-13(11-25-2)27-15-5-4-14-8-21-20(17(14)6-15)18-7-19(23-12-22-18)24-9-16(10-24)26-3/h4-7,12-13,16H,8-11H2,1-3H3/t13-/m0/s1. The quantitative estimate of drug-likeness (QED) is 0.745. The van der Waals surface area contributed by atoms with Crippen molar-refractivity contribution in [3.8, 4) is 5.75 Å². The molecule has 7 heteroatoms. The topological polar surface area (TPSA) is 69.1 Å². The van der Waals surface area contributed by atoms with E-state index in [1.165, 1.54) is 5.56 Å². The Balaban J connectivity index is 1.55. The zero-order valence-electron chi connectivity index (χ0n) is 15.9. The third-order valence-corrected chi connectivity index (χ3v) is 4.88. The summed E-state index contributed by atoms with van der Waals surface area (Å²) < 4.78 is 16.4. The van der Waals surface area contributed by atoms with Gasteiger partial charge < -0.3 is 19.1 Å². The Bertz CT molecular complexity index is 849. The van der Waals surface area contributed by atoms with Gasteiger partial charge in [0.05, 0.1) is 30.7 Å². The Kier molecular flexibility index (Phi) is 5.05. The minimum Gasteiger partial charge on any atom is -0.488 e. The maximum atomic E-state index is 5.94. The van der Waals surface area contributed by atoms with Crippen LogP contribution in [0.1, 0.15) is 23.7 Å². The van der Waals surface area contributed by atoms with Crippen molar-refractivity contribution in [1.82, 2.24) is 9.97 Å². The number of aromatic nitrogens is 2. The van der Waals surface area contributed by atoms with Crippen LogP contribution in [0.2, 0.25) is 0 Å². The van der Waals surface area contributed by atoms with E-state index in [0.29, 0.717) is 13.2 Å². The average molecular weight is 368 g/mol. The summed E-state index contributed by atoms with van der Waals surface area (Å²) in [5.41, 5.74) is 3.98. The van der Waals surface area contributed by atoms with Crippen LogP contribution in [0.15, 0.2) is 35.6 Å². The van der Waals surface area contributed by atoms with Crippen LogP contribution in [0.5, 0.6) is 5.75 Å². The molecular formula is C20H24N4O3. The monoisotopic (exact) mass is 368 g/mol. The largest absolute Gasteiger partial charge is 0.488 e. The van der Waals surface area contributed by atoms with Crippen molar-refractivity contribution in [2.24, 2.45) is 4.99 Å². The van der Waals surface area contributed by atoms with Gasteiger partial charge in [-0.15, -0.1) is 0 Å². The van der Waals surface area contributed by atoms with Crippen LogP contribution < -0.4 is 9.64 Å². The van der Waals surface area contributed by atoms with Crippen molar-refractivity contribution < 1.29 is 14.2 Å². The lowest BCUT2D eigenvalue weighted by Crippen LogP contribution is -2.52. The van der Waals surface area contributed by atoms with Gasteiger partial charge >= 0.3 is 0 Å². The molecule has 0 aliphatic carbocycles. The molecule has 2 aromatic rings. The van der Waals surface area contributed by atoms with Gasteiger partial charge in [-0.25, -0.2) is 9.97 Å². The molecule has 0 bridgehead atoms. The van der Waals surface area contributed by atoms with Gasteiger partial charge in [0.2, 0.25) is 0 Å². The number of aliphatic imine (C=N–C) groups is 1. The molecule has 0 N–H and O–H groups in total. The van der Waals surface area contributed by atoms with Crippen molar-refractivity contribution >= 4 is 11.5 Å². The molecule has 4 rings (SSSR count). The van der Waals surface area contributed by atoms with Gasteiger partial charge in [0.15, 0.2) is 0 Å². The van der Waals surface area contributed by atoms with Crippen molar-refractivity contribution in [2.45, 2.75) is 25.7 Å². The minimum absolute atomic E-state index is 0.0133. The van der Waals surface area contributed by atoms with E-state index < -0.39 is 0 Å². The van der Waals surface area contributed by atoms with Crippen molar-refractivity contribution in [2.75, 3.05) is 38.8 Å². The molecule has 7 nitrogen and oxygen atoms in total. The summed E-state index contributed by atoms with van der Waals surface area (Å²) in [6, 6.07) is 8.10. The predicted octanol–water partition coefficient (Wildman–Crippen LogP) is 2.08. The molecule has 0 spiro atoms. The second-order valence-electron chi connectivity index (χ2n) is 6.89. The Morgan fingerprint density at radius 1 is 1.19 bits per heavy atom. The van der Waals surface area contributed by atoms with Crippen LogP contribution in [0.25, 0.3) is 0 Å². The van der Waals surface area contributed by atoms with E-state index in [1.54, 1.807) is 20.5 Å². The van der Waals surface area contributed by atoms with Gasteiger partial charge in [-0.2, -0.15) is 0 Å². The molecule has 2 aliphatic heterocycles.